The summed E-state index contributed by atoms with van der Waals surface area (Å²) in [6, 6.07) is 1.95. The molecule has 20 heavy (non-hydrogen) atoms. The molecule has 0 amide bonds. The molecule has 0 saturated heterocycles. The molecule has 0 spiro atoms. The van der Waals surface area contributed by atoms with Crippen LogP contribution in [0.5, 0.6) is 0 Å². The smallest absolute Gasteiger partial charge is 0.259 e. The molecule has 0 atom stereocenters. The third-order valence-electron chi connectivity index (χ3n) is 3.03. The highest BCUT2D eigenvalue weighted by atomic mass is 32.1. The lowest BCUT2D eigenvalue weighted by molar-refractivity contribution is 0.194. The first-order valence-electron chi connectivity index (χ1n) is 6.84. The van der Waals surface area contributed by atoms with Crippen LogP contribution >= 0.6 is 11.3 Å². The molecular formula is C14H21N3O2S. The molecule has 0 radical (unpaired) electrons. The number of rotatable bonds is 7. The summed E-state index contributed by atoms with van der Waals surface area (Å²) in [5, 5.41) is 3.95. The molecule has 0 aliphatic heterocycles. The number of hydrogen-bond donors (Lipinski definition) is 2. The summed E-state index contributed by atoms with van der Waals surface area (Å²) >= 11 is 1.60. The van der Waals surface area contributed by atoms with Gasteiger partial charge in [-0.1, -0.05) is 13.8 Å². The molecular weight excluding hydrogens is 274 g/mol. The van der Waals surface area contributed by atoms with Gasteiger partial charge in [0, 0.05) is 18.6 Å². The fourth-order valence-electron chi connectivity index (χ4n) is 1.91. The number of nitrogens with one attached hydrogen (secondary N) is 2. The Morgan fingerprint density at radius 2 is 2.30 bits per heavy atom. The van der Waals surface area contributed by atoms with Crippen molar-refractivity contribution in [1.82, 2.24) is 15.3 Å². The van der Waals surface area contributed by atoms with Gasteiger partial charge in [0.25, 0.3) is 5.56 Å². The number of hydrogen-bond acceptors (Lipinski definition) is 5. The van der Waals surface area contributed by atoms with Gasteiger partial charge in [0.2, 0.25) is 0 Å². The van der Waals surface area contributed by atoms with E-state index in [1.165, 1.54) is 4.88 Å². The average Bonchev–Trinajstić information content (AvgIpc) is 2.83. The van der Waals surface area contributed by atoms with Gasteiger partial charge in [-0.3, -0.25) is 4.79 Å². The minimum Gasteiger partial charge on any atom is -0.385 e. The molecule has 6 heteroatoms. The molecule has 110 valence electrons. The number of aromatic nitrogens is 2. The van der Waals surface area contributed by atoms with E-state index >= 15 is 0 Å². The van der Waals surface area contributed by atoms with Gasteiger partial charge in [-0.2, -0.15) is 0 Å². The highest BCUT2D eigenvalue weighted by Crippen LogP contribution is 2.27. The normalized spacial score (nSPS) is 11.6. The first-order chi connectivity index (χ1) is 9.61. The summed E-state index contributed by atoms with van der Waals surface area (Å²) in [6.07, 6.45) is 0.944. The molecule has 0 unspecified atom stereocenters. The molecule has 5 nitrogen and oxygen atoms in total. The van der Waals surface area contributed by atoms with Crippen LogP contribution in [0.1, 0.15) is 36.9 Å². The van der Waals surface area contributed by atoms with Crippen molar-refractivity contribution in [3.05, 3.63) is 27.1 Å². The summed E-state index contributed by atoms with van der Waals surface area (Å²) in [4.78, 5) is 21.4. The predicted molar refractivity (Wildman–Crippen MR) is 82.5 cm³/mol. The topological polar surface area (TPSA) is 67.0 Å². The van der Waals surface area contributed by atoms with Crippen molar-refractivity contribution in [3.8, 4) is 0 Å². The first-order valence-corrected chi connectivity index (χ1v) is 7.65. The first kappa shape index (κ1) is 15.2. The Balaban J connectivity index is 2.09. The molecule has 2 heterocycles. The highest BCUT2D eigenvalue weighted by Gasteiger charge is 2.10. The SMILES string of the molecule is COCCCNCc1nc2sc(C(C)C)cc2c(=O)[nH]1. The van der Waals surface area contributed by atoms with Gasteiger partial charge < -0.3 is 15.0 Å². The van der Waals surface area contributed by atoms with E-state index in [2.05, 4.69) is 29.1 Å². The Morgan fingerprint density at radius 1 is 1.50 bits per heavy atom. The summed E-state index contributed by atoms with van der Waals surface area (Å²) in [7, 11) is 1.69. The quantitative estimate of drug-likeness (QED) is 0.769. The van der Waals surface area contributed by atoms with E-state index in [1.54, 1.807) is 18.4 Å². The van der Waals surface area contributed by atoms with E-state index in [0.717, 1.165) is 24.4 Å². The van der Waals surface area contributed by atoms with E-state index in [0.29, 0.717) is 23.7 Å². The summed E-state index contributed by atoms with van der Waals surface area (Å²) in [5.74, 6) is 1.11. The summed E-state index contributed by atoms with van der Waals surface area (Å²) < 4.78 is 4.98. The van der Waals surface area contributed by atoms with E-state index in [9.17, 15) is 4.79 Å². The minimum absolute atomic E-state index is 0.0492. The number of aromatic amines is 1. The maximum atomic E-state index is 12.0. The second kappa shape index (κ2) is 6.97. The summed E-state index contributed by atoms with van der Waals surface area (Å²) in [6.45, 7) is 6.40. The van der Waals surface area contributed by atoms with Gasteiger partial charge in [-0.25, -0.2) is 4.98 Å². The van der Waals surface area contributed by atoms with Crippen LogP contribution in [0.2, 0.25) is 0 Å². The Labute approximate surface area is 122 Å². The number of fused-ring (bicyclic) bond motifs is 1. The molecule has 0 fully saturated rings. The standard InChI is InChI=1S/C14H21N3O2S/c1-9(2)11-7-10-13(18)16-12(17-14(10)20-11)8-15-5-4-6-19-3/h7,9,15H,4-6,8H2,1-3H3,(H,16,17,18). The van der Waals surface area contributed by atoms with Gasteiger partial charge in [0.1, 0.15) is 10.7 Å². The zero-order chi connectivity index (χ0) is 14.5. The number of H-pyrrole nitrogens is 1. The number of thiophene rings is 1. The second-order valence-corrected chi connectivity index (χ2v) is 6.12. The van der Waals surface area contributed by atoms with Gasteiger partial charge >= 0.3 is 0 Å². The Bertz CT molecular complexity index is 618. The van der Waals surface area contributed by atoms with Crippen LogP contribution in [-0.4, -0.2) is 30.2 Å². The van der Waals surface area contributed by atoms with Crippen molar-refractivity contribution in [2.45, 2.75) is 32.7 Å². The third-order valence-corrected chi connectivity index (χ3v) is 4.36. The minimum atomic E-state index is -0.0492. The number of methoxy groups -OCH3 is 1. The van der Waals surface area contributed by atoms with E-state index in [-0.39, 0.29) is 5.56 Å². The van der Waals surface area contributed by atoms with Crippen LogP contribution in [0.3, 0.4) is 0 Å². The van der Waals surface area contributed by atoms with Crippen LogP contribution in [0, 0.1) is 0 Å². The van der Waals surface area contributed by atoms with E-state index < -0.39 is 0 Å². The van der Waals surface area contributed by atoms with Crippen LogP contribution < -0.4 is 10.9 Å². The van der Waals surface area contributed by atoms with Crippen molar-refractivity contribution < 1.29 is 4.74 Å². The average molecular weight is 295 g/mol. The van der Waals surface area contributed by atoms with Crippen molar-refractivity contribution >= 4 is 21.6 Å². The maximum absolute atomic E-state index is 12.0. The molecule has 2 rings (SSSR count). The maximum Gasteiger partial charge on any atom is 0.259 e. The lowest BCUT2D eigenvalue weighted by Crippen LogP contribution is -2.20. The molecule has 2 aromatic heterocycles. The Kier molecular flexibility index (Phi) is 5.28. The van der Waals surface area contributed by atoms with Crippen LogP contribution in [0.4, 0.5) is 0 Å². The van der Waals surface area contributed by atoms with E-state index in [4.69, 9.17) is 4.74 Å². The van der Waals surface area contributed by atoms with Crippen molar-refractivity contribution in [2.75, 3.05) is 20.3 Å². The van der Waals surface area contributed by atoms with Crippen molar-refractivity contribution in [3.63, 3.8) is 0 Å². The van der Waals surface area contributed by atoms with Crippen LogP contribution in [0.25, 0.3) is 10.2 Å². The largest absolute Gasteiger partial charge is 0.385 e. The van der Waals surface area contributed by atoms with Gasteiger partial charge in [-0.05, 0) is 24.9 Å². The van der Waals surface area contributed by atoms with Crippen LogP contribution in [-0.2, 0) is 11.3 Å². The van der Waals surface area contributed by atoms with Gasteiger partial charge in [0.05, 0.1) is 11.9 Å². The Morgan fingerprint density at radius 3 is 3.00 bits per heavy atom. The van der Waals surface area contributed by atoms with Crippen molar-refractivity contribution in [1.29, 1.82) is 0 Å². The summed E-state index contributed by atoms with van der Waals surface area (Å²) in [5.41, 5.74) is -0.0492. The number of nitrogens with zero attached hydrogens (tertiary/aromatic N) is 1. The van der Waals surface area contributed by atoms with Gasteiger partial charge in [0.15, 0.2) is 0 Å². The fraction of sp³-hybridized carbons (Fsp3) is 0.571. The second-order valence-electron chi connectivity index (χ2n) is 5.06. The zero-order valence-electron chi connectivity index (χ0n) is 12.2. The molecule has 0 aliphatic carbocycles. The monoisotopic (exact) mass is 295 g/mol. The fourth-order valence-corrected chi connectivity index (χ4v) is 2.96. The van der Waals surface area contributed by atoms with Gasteiger partial charge in [-0.15, -0.1) is 11.3 Å². The third kappa shape index (κ3) is 3.65. The lowest BCUT2D eigenvalue weighted by Gasteiger charge is -2.03. The molecule has 0 bridgehead atoms. The molecule has 0 saturated carbocycles. The van der Waals surface area contributed by atoms with Crippen LogP contribution in [0.15, 0.2) is 10.9 Å². The lowest BCUT2D eigenvalue weighted by atomic mass is 10.2. The van der Waals surface area contributed by atoms with Crippen molar-refractivity contribution in [2.24, 2.45) is 0 Å². The zero-order valence-corrected chi connectivity index (χ0v) is 13.0. The Hall–Kier alpha value is -1.24. The molecule has 0 aliphatic rings. The predicted octanol–water partition coefficient (Wildman–Crippen LogP) is 2.23. The van der Waals surface area contributed by atoms with E-state index in [1.807, 2.05) is 6.07 Å². The highest BCUT2D eigenvalue weighted by molar-refractivity contribution is 7.18. The molecule has 2 N–H and O–H groups in total. The molecule has 2 aromatic rings. The molecule has 0 aromatic carbocycles. The number of ether oxygens (including phenoxy) is 1.